The second-order valence-electron chi connectivity index (χ2n) is 5.66. The lowest BCUT2D eigenvalue weighted by molar-refractivity contribution is -0.144. The van der Waals surface area contributed by atoms with Gasteiger partial charge in [-0.05, 0) is 11.6 Å². The highest BCUT2D eigenvalue weighted by Gasteiger charge is 2.35. The maximum absolute atomic E-state index is 14.0. The molecule has 138 valence electrons. The molecule has 11 heteroatoms. The predicted molar refractivity (Wildman–Crippen MR) is 84.2 cm³/mol. The zero-order chi connectivity index (χ0) is 19.2. The number of hydrogen-bond acceptors (Lipinski definition) is 5. The number of rotatable bonds is 3. The van der Waals surface area contributed by atoms with Gasteiger partial charge in [0, 0.05) is 12.6 Å². The smallest absolute Gasteiger partial charge is 0.451 e. The fourth-order valence-electron chi connectivity index (χ4n) is 2.59. The number of halogens is 4. The van der Waals surface area contributed by atoms with Crippen molar-refractivity contribution >= 4 is 5.65 Å². The topological polar surface area (TPSA) is 92.0 Å². The molecular weight excluding hydrogens is 368 g/mol. The Hall–Kier alpha value is -3.50. The molecule has 0 saturated carbocycles. The molecule has 7 nitrogen and oxygen atoms in total. The summed E-state index contributed by atoms with van der Waals surface area (Å²) in [6, 6.07) is 6.02. The van der Waals surface area contributed by atoms with Crippen LogP contribution in [0.5, 0.6) is 5.88 Å². The van der Waals surface area contributed by atoms with Gasteiger partial charge in [-0.1, -0.05) is 18.2 Å². The largest absolute Gasteiger partial charge is 0.493 e. The van der Waals surface area contributed by atoms with E-state index in [1.165, 1.54) is 22.7 Å². The van der Waals surface area contributed by atoms with Gasteiger partial charge in [-0.2, -0.15) is 18.3 Å². The van der Waals surface area contributed by atoms with Crippen LogP contribution in [0.1, 0.15) is 17.1 Å². The second-order valence-corrected chi connectivity index (χ2v) is 5.66. The number of aromatic nitrogens is 6. The number of benzene rings is 1. The summed E-state index contributed by atoms with van der Waals surface area (Å²) in [6.07, 6.45) is -2.27. The second kappa shape index (κ2) is 6.04. The molecular formula is C16H10F4N6O. The van der Waals surface area contributed by atoms with E-state index in [1.807, 2.05) is 0 Å². The van der Waals surface area contributed by atoms with E-state index in [2.05, 4.69) is 20.1 Å². The normalized spacial score (nSPS) is 12.0. The molecule has 0 radical (unpaired) electrons. The third kappa shape index (κ3) is 3.07. The van der Waals surface area contributed by atoms with Crippen molar-refractivity contribution in [3.05, 3.63) is 59.6 Å². The minimum atomic E-state index is -4.69. The minimum absolute atomic E-state index is 0.0109. The summed E-state index contributed by atoms with van der Waals surface area (Å²) >= 11 is 0. The van der Waals surface area contributed by atoms with Gasteiger partial charge in [0.15, 0.2) is 5.65 Å². The van der Waals surface area contributed by atoms with Crippen molar-refractivity contribution in [2.45, 2.75) is 12.6 Å². The summed E-state index contributed by atoms with van der Waals surface area (Å²) < 4.78 is 53.4. The molecule has 2 N–H and O–H groups in total. The monoisotopic (exact) mass is 378 g/mol. The van der Waals surface area contributed by atoms with Gasteiger partial charge in [-0.3, -0.25) is 9.50 Å². The molecule has 0 fully saturated rings. The Balaban J connectivity index is 1.84. The molecule has 3 heterocycles. The minimum Gasteiger partial charge on any atom is -0.493 e. The number of hydrogen-bond donors (Lipinski definition) is 2. The quantitative estimate of drug-likeness (QED) is 0.535. The highest BCUT2D eigenvalue weighted by Crippen LogP contribution is 2.28. The third-order valence-electron chi connectivity index (χ3n) is 3.84. The van der Waals surface area contributed by atoms with Gasteiger partial charge < -0.3 is 5.11 Å². The van der Waals surface area contributed by atoms with E-state index >= 15 is 0 Å². The lowest BCUT2D eigenvalue weighted by Gasteiger charge is -2.07. The molecule has 0 bridgehead atoms. The molecule has 0 atom stereocenters. The molecule has 4 aromatic rings. The van der Waals surface area contributed by atoms with Gasteiger partial charge in [0.2, 0.25) is 17.5 Å². The van der Waals surface area contributed by atoms with Crippen molar-refractivity contribution in [3.8, 4) is 17.4 Å². The van der Waals surface area contributed by atoms with Crippen LogP contribution in [-0.2, 0) is 12.6 Å². The van der Waals surface area contributed by atoms with E-state index in [0.717, 1.165) is 6.20 Å². The summed E-state index contributed by atoms with van der Waals surface area (Å²) in [5.74, 6) is -2.30. The first-order chi connectivity index (χ1) is 12.8. The van der Waals surface area contributed by atoms with Crippen LogP contribution in [0.3, 0.4) is 0 Å². The Bertz CT molecular complexity index is 1130. The molecule has 0 amide bonds. The fourth-order valence-corrected chi connectivity index (χ4v) is 2.59. The maximum atomic E-state index is 14.0. The summed E-state index contributed by atoms with van der Waals surface area (Å²) in [7, 11) is 0. The van der Waals surface area contributed by atoms with Crippen molar-refractivity contribution in [1.82, 2.24) is 29.5 Å². The third-order valence-corrected chi connectivity index (χ3v) is 3.84. The van der Waals surface area contributed by atoms with E-state index in [0.29, 0.717) is 5.56 Å². The van der Waals surface area contributed by atoms with Gasteiger partial charge in [-0.15, -0.1) is 0 Å². The highest BCUT2D eigenvalue weighted by molar-refractivity contribution is 5.57. The van der Waals surface area contributed by atoms with Gasteiger partial charge in [-0.25, -0.2) is 19.3 Å². The SMILES string of the molecule is Oc1cnc2c(Cc3ccccc3F)nc(-c3n[nH]c(C(F)(F)F)n3)cn12. The summed E-state index contributed by atoms with van der Waals surface area (Å²) in [5.41, 5.74) is 0.772. The Kier molecular flexibility index (Phi) is 3.79. The summed E-state index contributed by atoms with van der Waals surface area (Å²) in [4.78, 5) is 11.7. The number of imidazole rings is 1. The van der Waals surface area contributed by atoms with Crippen LogP contribution >= 0.6 is 0 Å². The first kappa shape index (κ1) is 16.9. The molecule has 0 unspecified atom stereocenters. The van der Waals surface area contributed by atoms with Gasteiger partial charge in [0.25, 0.3) is 0 Å². The van der Waals surface area contributed by atoms with E-state index in [4.69, 9.17) is 0 Å². The standard InChI is InChI=1S/C16H10F4N6O/c17-9-4-2-1-3-8(9)5-10-14-21-6-12(27)26(14)7-11(22-10)13-23-15(25-24-13)16(18,19)20/h1-4,6-7,27H,5H2,(H,23,24,25). The van der Waals surface area contributed by atoms with E-state index in [9.17, 15) is 22.7 Å². The van der Waals surface area contributed by atoms with Crippen molar-refractivity contribution < 1.29 is 22.7 Å². The Morgan fingerprint density at radius 2 is 1.93 bits per heavy atom. The van der Waals surface area contributed by atoms with Crippen molar-refractivity contribution in [3.63, 3.8) is 0 Å². The van der Waals surface area contributed by atoms with E-state index < -0.39 is 17.8 Å². The highest BCUT2D eigenvalue weighted by atomic mass is 19.4. The zero-order valence-corrected chi connectivity index (χ0v) is 13.4. The van der Waals surface area contributed by atoms with Gasteiger partial charge in [0.05, 0.1) is 11.9 Å². The van der Waals surface area contributed by atoms with Crippen LogP contribution in [0.15, 0.2) is 36.7 Å². The van der Waals surface area contributed by atoms with Crippen LogP contribution in [-0.4, -0.2) is 34.7 Å². The van der Waals surface area contributed by atoms with Gasteiger partial charge >= 0.3 is 6.18 Å². The number of nitrogens with zero attached hydrogens (tertiary/aromatic N) is 5. The average molecular weight is 378 g/mol. The first-order valence-corrected chi connectivity index (χ1v) is 7.62. The molecule has 3 aromatic heterocycles. The Morgan fingerprint density at radius 1 is 1.15 bits per heavy atom. The zero-order valence-electron chi connectivity index (χ0n) is 13.4. The van der Waals surface area contributed by atoms with Crippen LogP contribution in [0.25, 0.3) is 17.2 Å². The van der Waals surface area contributed by atoms with Crippen LogP contribution in [0.2, 0.25) is 0 Å². The Morgan fingerprint density at radius 3 is 2.63 bits per heavy atom. The maximum Gasteiger partial charge on any atom is 0.451 e. The first-order valence-electron chi connectivity index (χ1n) is 7.62. The number of aromatic amines is 1. The molecule has 4 rings (SSSR count). The van der Waals surface area contributed by atoms with Crippen LogP contribution in [0.4, 0.5) is 17.6 Å². The molecule has 0 saturated heterocycles. The number of nitrogens with one attached hydrogen (secondary N) is 1. The number of alkyl halides is 3. The van der Waals surface area contributed by atoms with Gasteiger partial charge in [0.1, 0.15) is 11.5 Å². The van der Waals surface area contributed by atoms with Crippen molar-refractivity contribution in [1.29, 1.82) is 0 Å². The van der Waals surface area contributed by atoms with E-state index in [-0.39, 0.29) is 35.2 Å². The molecule has 0 aliphatic carbocycles. The summed E-state index contributed by atoms with van der Waals surface area (Å²) in [5, 5.41) is 15.3. The van der Waals surface area contributed by atoms with E-state index in [1.54, 1.807) is 17.2 Å². The number of aromatic hydroxyl groups is 1. The Labute approximate surface area is 148 Å². The summed E-state index contributed by atoms with van der Waals surface area (Å²) in [6.45, 7) is 0. The van der Waals surface area contributed by atoms with Crippen LogP contribution in [0, 0.1) is 5.82 Å². The molecule has 27 heavy (non-hydrogen) atoms. The molecule has 0 aliphatic heterocycles. The lowest BCUT2D eigenvalue weighted by atomic mass is 10.1. The number of H-pyrrole nitrogens is 1. The van der Waals surface area contributed by atoms with Crippen molar-refractivity contribution in [2.75, 3.05) is 0 Å². The molecule has 0 spiro atoms. The molecule has 1 aromatic carbocycles. The lowest BCUT2D eigenvalue weighted by Crippen LogP contribution is -2.07. The predicted octanol–water partition coefficient (Wildman–Crippen LogP) is 2.97. The average Bonchev–Trinajstić information content (AvgIpc) is 3.24. The van der Waals surface area contributed by atoms with Crippen molar-refractivity contribution in [2.24, 2.45) is 0 Å². The molecule has 0 aliphatic rings. The van der Waals surface area contributed by atoms with Crippen LogP contribution < -0.4 is 0 Å². The fraction of sp³-hybridized carbons (Fsp3) is 0.125. The number of fused-ring (bicyclic) bond motifs is 1.